The molecule has 0 fully saturated rings. The van der Waals surface area contributed by atoms with Crippen molar-refractivity contribution in [2.24, 2.45) is 0 Å². The molecule has 0 spiro atoms. The van der Waals surface area contributed by atoms with Crippen molar-refractivity contribution < 1.29 is 13.2 Å². The van der Waals surface area contributed by atoms with Crippen LogP contribution < -0.4 is 0 Å². The van der Waals surface area contributed by atoms with Gasteiger partial charge in [-0.05, 0) is 42.8 Å². The van der Waals surface area contributed by atoms with Crippen LogP contribution in [-0.2, 0) is 0 Å². The summed E-state index contributed by atoms with van der Waals surface area (Å²) in [6, 6.07) is 27.6. The Labute approximate surface area is 209 Å². The highest BCUT2D eigenvalue weighted by Crippen LogP contribution is 2.40. The Kier molecular flexibility index (Phi) is 3.98. The summed E-state index contributed by atoms with van der Waals surface area (Å²) in [6.07, 6.45) is 1.22. The zero-order valence-electron chi connectivity index (χ0n) is 19.7. The molecule has 176 valence electrons. The summed E-state index contributed by atoms with van der Waals surface area (Å²) in [5.74, 6) is 0.272. The van der Waals surface area contributed by atoms with Crippen molar-refractivity contribution in [1.29, 1.82) is 0 Å². The molecule has 37 heavy (non-hydrogen) atoms. The Hall–Kier alpha value is -4.97. The van der Waals surface area contributed by atoms with E-state index in [1.807, 2.05) is 73.7 Å². The summed E-state index contributed by atoms with van der Waals surface area (Å²) >= 11 is 0. The van der Waals surface area contributed by atoms with Crippen LogP contribution in [0.4, 0.5) is 4.39 Å². The van der Waals surface area contributed by atoms with Crippen LogP contribution in [0, 0.1) is 12.7 Å². The van der Waals surface area contributed by atoms with Crippen LogP contribution in [0.15, 0.2) is 100.0 Å². The molecule has 0 unspecified atom stereocenters. The first-order valence-electron chi connectivity index (χ1n) is 12.0. The number of furan rings is 2. The van der Waals surface area contributed by atoms with Crippen molar-refractivity contribution in [3.05, 3.63) is 103 Å². The fourth-order valence-corrected chi connectivity index (χ4v) is 5.41. The molecule has 8 rings (SSSR count). The quantitative estimate of drug-likeness (QED) is 0.248. The third-order valence-corrected chi connectivity index (χ3v) is 7.06. The standard InChI is InChI=1S/C31H18FN3O2/c1-17-13-14-21(30-27(17)28-26(37-30)15-18(32)16-33-28)31-34-22-9-3-4-10-23(22)35(31)24-11-6-8-20-19-7-2-5-12-25(19)36-29(20)24/h2-16H,1H3. The van der Waals surface area contributed by atoms with Crippen molar-refractivity contribution in [2.75, 3.05) is 0 Å². The Morgan fingerprint density at radius 1 is 0.784 bits per heavy atom. The van der Waals surface area contributed by atoms with Crippen LogP contribution in [0.2, 0.25) is 0 Å². The number of pyridine rings is 1. The molecule has 0 saturated carbocycles. The first-order chi connectivity index (χ1) is 18.2. The van der Waals surface area contributed by atoms with Gasteiger partial charge in [-0.25, -0.2) is 14.4 Å². The summed E-state index contributed by atoms with van der Waals surface area (Å²) in [5.41, 5.74) is 7.75. The highest BCUT2D eigenvalue weighted by Gasteiger charge is 2.23. The summed E-state index contributed by atoms with van der Waals surface area (Å²) in [4.78, 5) is 9.40. The van der Waals surface area contributed by atoms with E-state index < -0.39 is 5.82 Å². The van der Waals surface area contributed by atoms with E-state index in [2.05, 4.69) is 21.7 Å². The molecule has 0 amide bonds. The fourth-order valence-electron chi connectivity index (χ4n) is 5.41. The number of para-hydroxylation sites is 4. The number of rotatable bonds is 2. The maximum atomic E-state index is 14.0. The van der Waals surface area contributed by atoms with Gasteiger partial charge < -0.3 is 8.83 Å². The molecule has 0 atom stereocenters. The van der Waals surface area contributed by atoms with E-state index in [-0.39, 0.29) is 0 Å². The summed E-state index contributed by atoms with van der Waals surface area (Å²) in [6.45, 7) is 2.00. The zero-order chi connectivity index (χ0) is 24.7. The molecule has 0 aliphatic rings. The van der Waals surface area contributed by atoms with Crippen molar-refractivity contribution in [1.82, 2.24) is 14.5 Å². The first-order valence-corrected chi connectivity index (χ1v) is 12.0. The number of fused-ring (bicyclic) bond motifs is 7. The molecule has 4 heterocycles. The van der Waals surface area contributed by atoms with Crippen molar-refractivity contribution >= 4 is 55.0 Å². The SMILES string of the molecule is Cc1ccc(-c2nc3ccccc3n2-c2cccc3c2oc2ccccc23)c2oc3cc(F)cnc3c12. The molecule has 0 bridgehead atoms. The van der Waals surface area contributed by atoms with Crippen molar-refractivity contribution in [2.45, 2.75) is 6.92 Å². The number of aryl methyl sites for hydroxylation is 1. The zero-order valence-corrected chi connectivity index (χ0v) is 19.7. The third kappa shape index (κ3) is 2.78. The Morgan fingerprint density at radius 2 is 1.59 bits per heavy atom. The molecule has 4 aromatic carbocycles. The molecular weight excluding hydrogens is 465 g/mol. The molecule has 5 nitrogen and oxygen atoms in total. The molecule has 0 radical (unpaired) electrons. The highest BCUT2D eigenvalue weighted by atomic mass is 19.1. The predicted octanol–water partition coefficient (Wildman–Crippen LogP) is 8.33. The van der Waals surface area contributed by atoms with Gasteiger partial charge in [-0.3, -0.25) is 4.57 Å². The monoisotopic (exact) mass is 483 g/mol. The maximum Gasteiger partial charge on any atom is 0.159 e. The molecule has 0 aliphatic carbocycles. The van der Waals surface area contributed by atoms with Crippen molar-refractivity contribution in [3.63, 3.8) is 0 Å². The van der Waals surface area contributed by atoms with Gasteiger partial charge in [-0.2, -0.15) is 0 Å². The Morgan fingerprint density at radius 3 is 2.54 bits per heavy atom. The van der Waals surface area contributed by atoms with Gasteiger partial charge >= 0.3 is 0 Å². The average Bonchev–Trinajstić information content (AvgIpc) is 3.60. The Bertz CT molecular complexity index is 2180. The number of halogens is 1. The topological polar surface area (TPSA) is 57.0 Å². The van der Waals surface area contributed by atoms with E-state index in [0.717, 1.165) is 55.2 Å². The van der Waals surface area contributed by atoms with E-state index in [0.29, 0.717) is 22.5 Å². The lowest BCUT2D eigenvalue weighted by atomic mass is 10.1. The van der Waals surface area contributed by atoms with E-state index in [9.17, 15) is 4.39 Å². The number of hydrogen-bond acceptors (Lipinski definition) is 4. The van der Waals surface area contributed by atoms with E-state index in [1.54, 1.807) is 0 Å². The van der Waals surface area contributed by atoms with Gasteiger partial charge in [-0.1, -0.05) is 48.5 Å². The van der Waals surface area contributed by atoms with E-state index in [1.165, 1.54) is 12.3 Å². The van der Waals surface area contributed by atoms with Crippen LogP contribution in [0.5, 0.6) is 0 Å². The van der Waals surface area contributed by atoms with Crippen LogP contribution >= 0.6 is 0 Å². The van der Waals surface area contributed by atoms with Crippen molar-refractivity contribution in [3.8, 4) is 17.1 Å². The van der Waals surface area contributed by atoms with Gasteiger partial charge in [0, 0.05) is 16.8 Å². The second kappa shape index (κ2) is 7.27. The fraction of sp³-hybridized carbons (Fsp3) is 0.0323. The number of imidazole rings is 1. The molecule has 0 aliphatic heterocycles. The number of nitrogens with zero attached hydrogens (tertiary/aromatic N) is 3. The van der Waals surface area contributed by atoms with E-state index in [4.69, 9.17) is 13.8 Å². The smallest absolute Gasteiger partial charge is 0.159 e. The second-order valence-corrected chi connectivity index (χ2v) is 9.25. The first kappa shape index (κ1) is 20.2. The lowest BCUT2D eigenvalue weighted by Gasteiger charge is -2.11. The minimum Gasteiger partial charge on any atom is -0.454 e. The third-order valence-electron chi connectivity index (χ3n) is 7.06. The molecule has 6 heteroatoms. The molecular formula is C31H18FN3O2. The minimum atomic E-state index is -0.436. The predicted molar refractivity (Wildman–Crippen MR) is 144 cm³/mol. The lowest BCUT2D eigenvalue weighted by molar-refractivity contribution is 0.613. The van der Waals surface area contributed by atoms with Gasteiger partial charge in [-0.15, -0.1) is 0 Å². The minimum absolute atomic E-state index is 0.410. The van der Waals surface area contributed by atoms with Crippen LogP contribution in [0.3, 0.4) is 0 Å². The molecule has 0 N–H and O–H groups in total. The highest BCUT2D eigenvalue weighted by molar-refractivity contribution is 6.10. The molecule has 4 aromatic heterocycles. The Balaban J connectivity index is 1.51. The maximum absolute atomic E-state index is 14.0. The van der Waals surface area contributed by atoms with Crippen LogP contribution in [-0.4, -0.2) is 14.5 Å². The number of benzene rings is 4. The van der Waals surface area contributed by atoms with Gasteiger partial charge in [0.1, 0.15) is 28.3 Å². The average molecular weight is 484 g/mol. The van der Waals surface area contributed by atoms with Gasteiger partial charge in [0.25, 0.3) is 0 Å². The summed E-state index contributed by atoms with van der Waals surface area (Å²) in [7, 11) is 0. The van der Waals surface area contributed by atoms with Gasteiger partial charge in [0.2, 0.25) is 0 Å². The normalized spacial score (nSPS) is 12.1. The number of hydrogen-bond donors (Lipinski definition) is 0. The van der Waals surface area contributed by atoms with Gasteiger partial charge in [0.05, 0.1) is 33.9 Å². The second-order valence-electron chi connectivity index (χ2n) is 9.25. The summed E-state index contributed by atoms with van der Waals surface area (Å²) < 4.78 is 28.8. The molecule has 0 saturated heterocycles. The van der Waals surface area contributed by atoms with E-state index >= 15 is 0 Å². The number of aromatic nitrogens is 3. The summed E-state index contributed by atoms with van der Waals surface area (Å²) in [5, 5.41) is 2.95. The van der Waals surface area contributed by atoms with Crippen LogP contribution in [0.25, 0.3) is 72.1 Å². The largest absolute Gasteiger partial charge is 0.454 e. The lowest BCUT2D eigenvalue weighted by Crippen LogP contribution is -1.98. The van der Waals surface area contributed by atoms with Crippen LogP contribution in [0.1, 0.15) is 5.56 Å². The van der Waals surface area contributed by atoms with Gasteiger partial charge in [0.15, 0.2) is 11.2 Å². The molecule has 8 aromatic rings.